The average Bonchev–Trinajstić information content (AvgIpc) is 2.02. The van der Waals surface area contributed by atoms with Crippen LogP contribution in [0.5, 0.6) is 0 Å². The molecular formula is C7H3F2NO2S. The predicted octanol–water partition coefficient (Wildman–Crippen LogP) is 1.36. The summed E-state index contributed by atoms with van der Waals surface area (Å²) in [5.74, 6) is -1.05. The van der Waals surface area contributed by atoms with Crippen molar-refractivity contribution >= 4 is 10.2 Å². The van der Waals surface area contributed by atoms with Crippen molar-refractivity contribution in [1.82, 2.24) is 0 Å². The van der Waals surface area contributed by atoms with Gasteiger partial charge in [-0.3, -0.25) is 0 Å². The molecule has 0 N–H and O–H groups in total. The summed E-state index contributed by atoms with van der Waals surface area (Å²) >= 11 is 0. The summed E-state index contributed by atoms with van der Waals surface area (Å²) in [6, 6.07) is 3.68. The summed E-state index contributed by atoms with van der Waals surface area (Å²) in [7, 11) is -4.90. The number of benzene rings is 1. The summed E-state index contributed by atoms with van der Waals surface area (Å²) in [5, 5.41) is 8.28. The maximum atomic E-state index is 12.7. The lowest BCUT2D eigenvalue weighted by Gasteiger charge is -1.95. The Kier molecular flexibility index (Phi) is 2.30. The van der Waals surface area contributed by atoms with Gasteiger partial charge in [0, 0.05) is 0 Å². The zero-order valence-corrected chi connectivity index (χ0v) is 6.98. The molecule has 0 atom stereocenters. The van der Waals surface area contributed by atoms with E-state index in [2.05, 4.69) is 0 Å². The van der Waals surface area contributed by atoms with Gasteiger partial charge in [-0.2, -0.15) is 13.7 Å². The van der Waals surface area contributed by atoms with Crippen LogP contribution >= 0.6 is 0 Å². The van der Waals surface area contributed by atoms with E-state index in [4.69, 9.17) is 5.26 Å². The summed E-state index contributed by atoms with van der Waals surface area (Å²) in [5.41, 5.74) is -0.326. The van der Waals surface area contributed by atoms with Crippen LogP contribution in [-0.2, 0) is 10.2 Å². The van der Waals surface area contributed by atoms with Crippen molar-refractivity contribution in [2.75, 3.05) is 0 Å². The van der Waals surface area contributed by atoms with Gasteiger partial charge in [-0.1, -0.05) is 0 Å². The third-order valence-corrected chi connectivity index (χ3v) is 2.16. The summed E-state index contributed by atoms with van der Waals surface area (Å²) in [4.78, 5) is -0.788. The fraction of sp³-hybridized carbons (Fsp3) is 0. The normalized spacial score (nSPS) is 10.8. The minimum atomic E-state index is -4.90. The fourth-order valence-electron chi connectivity index (χ4n) is 0.738. The van der Waals surface area contributed by atoms with Gasteiger partial charge in [0.2, 0.25) is 0 Å². The van der Waals surface area contributed by atoms with Gasteiger partial charge in [0.05, 0.1) is 5.56 Å². The highest BCUT2D eigenvalue weighted by atomic mass is 32.3. The Bertz CT molecular complexity index is 476. The summed E-state index contributed by atoms with van der Waals surface area (Å²) in [6.45, 7) is 0. The Morgan fingerprint density at radius 2 is 2.00 bits per heavy atom. The van der Waals surface area contributed by atoms with Gasteiger partial charge in [0.25, 0.3) is 0 Å². The van der Waals surface area contributed by atoms with Gasteiger partial charge in [0.1, 0.15) is 16.8 Å². The highest BCUT2D eigenvalue weighted by Crippen LogP contribution is 2.15. The maximum absolute atomic E-state index is 12.7. The number of nitrogens with zero attached hydrogens (tertiary/aromatic N) is 1. The van der Waals surface area contributed by atoms with Gasteiger partial charge in [-0.25, -0.2) is 4.39 Å². The first-order valence-electron chi connectivity index (χ1n) is 3.09. The molecule has 0 amide bonds. The van der Waals surface area contributed by atoms with E-state index in [1.54, 1.807) is 0 Å². The molecular weight excluding hydrogens is 200 g/mol. The van der Waals surface area contributed by atoms with Crippen molar-refractivity contribution in [2.45, 2.75) is 4.90 Å². The largest absolute Gasteiger partial charge is 0.332 e. The van der Waals surface area contributed by atoms with Crippen molar-refractivity contribution in [1.29, 1.82) is 5.26 Å². The van der Waals surface area contributed by atoms with E-state index < -0.39 is 20.9 Å². The first-order valence-corrected chi connectivity index (χ1v) is 4.48. The molecule has 0 aromatic heterocycles. The van der Waals surface area contributed by atoms with Crippen LogP contribution in [0.4, 0.5) is 8.28 Å². The Hall–Kier alpha value is -1.48. The van der Waals surface area contributed by atoms with Crippen LogP contribution < -0.4 is 0 Å². The van der Waals surface area contributed by atoms with Crippen LogP contribution in [0, 0.1) is 17.1 Å². The predicted molar refractivity (Wildman–Crippen MR) is 39.4 cm³/mol. The molecule has 1 aromatic rings. The SMILES string of the molecule is N#Cc1ccc(S(=O)(=O)F)cc1F. The molecule has 3 nitrogen and oxygen atoms in total. The van der Waals surface area contributed by atoms with Crippen molar-refractivity contribution in [3.63, 3.8) is 0 Å². The molecule has 0 unspecified atom stereocenters. The van der Waals surface area contributed by atoms with E-state index in [9.17, 15) is 16.7 Å². The van der Waals surface area contributed by atoms with Crippen molar-refractivity contribution in [3.05, 3.63) is 29.6 Å². The molecule has 1 rings (SSSR count). The number of halogens is 2. The average molecular weight is 203 g/mol. The number of rotatable bonds is 1. The van der Waals surface area contributed by atoms with Crippen LogP contribution in [0.2, 0.25) is 0 Å². The second-order valence-electron chi connectivity index (χ2n) is 2.19. The molecule has 0 aliphatic rings. The van der Waals surface area contributed by atoms with Crippen LogP contribution in [0.3, 0.4) is 0 Å². The molecule has 0 aliphatic heterocycles. The van der Waals surface area contributed by atoms with E-state index in [-0.39, 0.29) is 5.56 Å². The molecule has 1 aromatic carbocycles. The lowest BCUT2D eigenvalue weighted by molar-refractivity contribution is 0.549. The minimum absolute atomic E-state index is 0.326. The van der Waals surface area contributed by atoms with E-state index in [0.717, 1.165) is 12.1 Å². The second kappa shape index (κ2) is 3.11. The molecule has 0 saturated heterocycles. The highest BCUT2D eigenvalue weighted by molar-refractivity contribution is 7.86. The van der Waals surface area contributed by atoms with E-state index >= 15 is 0 Å². The Morgan fingerprint density at radius 3 is 2.38 bits per heavy atom. The lowest BCUT2D eigenvalue weighted by Crippen LogP contribution is -1.94. The molecule has 13 heavy (non-hydrogen) atoms. The summed E-state index contributed by atoms with van der Waals surface area (Å²) < 4.78 is 45.5. The first kappa shape index (κ1) is 9.61. The van der Waals surface area contributed by atoms with Gasteiger partial charge < -0.3 is 0 Å². The second-order valence-corrected chi connectivity index (χ2v) is 3.54. The number of hydrogen-bond acceptors (Lipinski definition) is 3. The molecule has 0 heterocycles. The monoisotopic (exact) mass is 203 g/mol. The molecule has 0 radical (unpaired) electrons. The highest BCUT2D eigenvalue weighted by Gasteiger charge is 2.14. The molecule has 0 fully saturated rings. The zero-order chi connectivity index (χ0) is 10.1. The summed E-state index contributed by atoms with van der Waals surface area (Å²) in [6.07, 6.45) is 0. The maximum Gasteiger partial charge on any atom is 0.332 e. The van der Waals surface area contributed by atoms with Gasteiger partial charge in [0.15, 0.2) is 0 Å². The Balaban J connectivity index is 3.36. The molecule has 0 aliphatic carbocycles. The third-order valence-electron chi connectivity index (χ3n) is 1.34. The lowest BCUT2D eigenvalue weighted by atomic mass is 10.2. The Labute approximate surface area is 73.4 Å². The van der Waals surface area contributed by atoms with Gasteiger partial charge >= 0.3 is 10.2 Å². The standard InChI is InChI=1S/C7H3F2NO2S/c8-7-3-6(13(9,11)12)2-1-5(7)4-10/h1-3H. The van der Waals surface area contributed by atoms with Crippen molar-refractivity contribution < 1.29 is 16.7 Å². The van der Waals surface area contributed by atoms with Crippen LogP contribution in [0.15, 0.2) is 23.1 Å². The molecule has 0 bridgehead atoms. The van der Waals surface area contributed by atoms with Crippen LogP contribution in [0.1, 0.15) is 5.56 Å². The van der Waals surface area contributed by atoms with Gasteiger partial charge in [-0.05, 0) is 18.2 Å². The van der Waals surface area contributed by atoms with Gasteiger partial charge in [-0.15, -0.1) is 3.89 Å². The molecule has 6 heteroatoms. The fourth-order valence-corrected chi connectivity index (χ4v) is 1.21. The minimum Gasteiger partial charge on any atom is -0.205 e. The van der Waals surface area contributed by atoms with E-state index in [0.29, 0.717) is 6.07 Å². The quantitative estimate of drug-likeness (QED) is 0.647. The van der Waals surface area contributed by atoms with Crippen LogP contribution in [-0.4, -0.2) is 8.42 Å². The smallest absolute Gasteiger partial charge is 0.205 e. The van der Waals surface area contributed by atoms with Crippen LogP contribution in [0.25, 0.3) is 0 Å². The first-order chi connectivity index (χ1) is 5.95. The molecule has 68 valence electrons. The third kappa shape index (κ3) is 2.00. The molecule has 0 saturated carbocycles. The zero-order valence-electron chi connectivity index (χ0n) is 6.16. The molecule has 0 spiro atoms. The van der Waals surface area contributed by atoms with E-state index in [1.807, 2.05) is 0 Å². The van der Waals surface area contributed by atoms with Crippen molar-refractivity contribution in [3.8, 4) is 6.07 Å². The van der Waals surface area contributed by atoms with Crippen molar-refractivity contribution in [2.24, 2.45) is 0 Å². The number of hydrogen-bond donors (Lipinski definition) is 0. The Morgan fingerprint density at radius 1 is 1.38 bits per heavy atom. The topological polar surface area (TPSA) is 57.9 Å². The number of nitriles is 1. The van der Waals surface area contributed by atoms with E-state index in [1.165, 1.54) is 6.07 Å².